The third kappa shape index (κ3) is 5.90. The molecule has 0 bridgehead atoms. The molecule has 342 valence electrons. The summed E-state index contributed by atoms with van der Waals surface area (Å²) < 4.78 is 18.4. The summed E-state index contributed by atoms with van der Waals surface area (Å²) in [6.07, 6.45) is 0. The lowest BCUT2D eigenvalue weighted by molar-refractivity contribution is 0.663. The Morgan fingerprint density at radius 3 is 1.17 bits per heavy atom. The summed E-state index contributed by atoms with van der Waals surface area (Å²) >= 11 is 0. The van der Waals surface area contributed by atoms with Gasteiger partial charge in [-0.15, -0.1) is 0 Å². The molecular weight excluding hydrogens is 881 g/mol. The fraction of sp³-hybridized carbons (Fsp3) is 0.0606. The normalized spacial score (nSPS) is 12.1. The molecule has 0 fully saturated rings. The van der Waals surface area contributed by atoms with Crippen LogP contribution in [0.3, 0.4) is 0 Å². The van der Waals surface area contributed by atoms with Gasteiger partial charge in [-0.05, 0) is 157 Å². The number of aromatic nitrogens is 2. The lowest BCUT2D eigenvalue weighted by Gasteiger charge is -2.27. The second-order valence-corrected chi connectivity index (χ2v) is 19.0. The van der Waals surface area contributed by atoms with Crippen LogP contribution in [0.2, 0.25) is 0 Å². The largest absolute Gasteiger partial charge is 0.456 e. The second-order valence-electron chi connectivity index (χ2n) is 19.0. The Hall–Kier alpha value is -9.26. The number of nitrogens with zero attached hydrogens (tertiary/aromatic N) is 4. The zero-order valence-corrected chi connectivity index (χ0v) is 39.8. The van der Waals surface area contributed by atoms with E-state index >= 15 is 0 Å². The van der Waals surface area contributed by atoms with Crippen molar-refractivity contribution in [3.05, 3.63) is 218 Å². The van der Waals surface area contributed by atoms with Gasteiger partial charge in [0.05, 0.1) is 22.4 Å². The van der Waals surface area contributed by atoms with Crippen molar-refractivity contribution in [1.82, 2.24) is 9.13 Å². The molecule has 0 aliphatic carbocycles. The predicted octanol–water partition coefficient (Wildman–Crippen LogP) is 19.0. The number of furan rings is 2. The van der Waals surface area contributed by atoms with Gasteiger partial charge >= 0.3 is 0 Å². The lowest BCUT2D eigenvalue weighted by atomic mass is 10.00. The fourth-order valence-corrected chi connectivity index (χ4v) is 12.1. The van der Waals surface area contributed by atoms with Gasteiger partial charge < -0.3 is 27.8 Å². The standard InChI is InChI=1S/C66H46N4O2/c1-3-67-53-23-13-11-21-49(53)63-55(67)25-15-27-57(63)69(45-17-7-5-8-18-45)47-31-29-41-37-51-61(39-43(41)35-47)71-59-33-34-60-66(65(51)59)52-38-42-30-32-48(36-44(42)40-62(52)72-60)70(46-19-9-6-10-20-46)58-28-16-26-56-64(58)50-22-12-14-24-54(50)68(56)4-2/h5-40H,3-4H2,1-2H3. The van der Waals surface area contributed by atoms with Crippen LogP contribution < -0.4 is 9.80 Å². The summed E-state index contributed by atoms with van der Waals surface area (Å²) in [5.41, 5.74) is 15.0. The minimum Gasteiger partial charge on any atom is -0.456 e. The third-order valence-corrected chi connectivity index (χ3v) is 15.2. The highest BCUT2D eigenvalue weighted by Crippen LogP contribution is 2.48. The highest BCUT2D eigenvalue weighted by Gasteiger charge is 2.24. The van der Waals surface area contributed by atoms with Crippen molar-refractivity contribution in [3.8, 4) is 0 Å². The number of aryl methyl sites for hydroxylation is 2. The summed E-state index contributed by atoms with van der Waals surface area (Å²) in [7, 11) is 0. The molecule has 0 aliphatic rings. The first-order valence-electron chi connectivity index (χ1n) is 25.0. The molecule has 4 heterocycles. The predicted molar refractivity (Wildman–Crippen MR) is 303 cm³/mol. The first-order chi connectivity index (χ1) is 35.6. The molecule has 11 aromatic carbocycles. The van der Waals surface area contributed by atoms with E-state index in [1.807, 2.05) is 0 Å². The van der Waals surface area contributed by atoms with E-state index < -0.39 is 0 Å². The topological polar surface area (TPSA) is 42.6 Å². The molecule has 0 saturated carbocycles. The number of fused-ring (bicyclic) bond motifs is 15. The molecule has 0 unspecified atom stereocenters. The fourth-order valence-electron chi connectivity index (χ4n) is 12.1. The molecule has 0 radical (unpaired) electrons. The van der Waals surface area contributed by atoms with Gasteiger partial charge in [0.2, 0.25) is 0 Å². The monoisotopic (exact) mass is 926 g/mol. The quantitative estimate of drug-likeness (QED) is 0.152. The Labute approximate surface area is 414 Å². The highest BCUT2D eigenvalue weighted by molar-refractivity contribution is 6.28. The van der Waals surface area contributed by atoms with Crippen LogP contribution in [0, 0.1) is 0 Å². The number of rotatable bonds is 8. The van der Waals surface area contributed by atoms with Gasteiger partial charge in [-0.25, -0.2) is 0 Å². The molecule has 0 amide bonds. The van der Waals surface area contributed by atoms with Crippen LogP contribution in [0.25, 0.3) is 109 Å². The molecule has 0 aliphatic heterocycles. The van der Waals surface area contributed by atoms with Gasteiger partial charge in [0.1, 0.15) is 22.3 Å². The van der Waals surface area contributed by atoms with Crippen LogP contribution in [-0.2, 0) is 13.1 Å². The van der Waals surface area contributed by atoms with Gasteiger partial charge in [0.25, 0.3) is 0 Å². The van der Waals surface area contributed by atoms with Crippen LogP contribution in [-0.4, -0.2) is 9.13 Å². The van der Waals surface area contributed by atoms with Crippen LogP contribution in [0.4, 0.5) is 34.1 Å². The summed E-state index contributed by atoms with van der Waals surface area (Å²) in [5.74, 6) is 0. The maximum absolute atomic E-state index is 6.79. The first kappa shape index (κ1) is 40.6. The van der Waals surface area contributed by atoms with Gasteiger partial charge in [-0.2, -0.15) is 0 Å². The van der Waals surface area contributed by atoms with Crippen molar-refractivity contribution in [3.63, 3.8) is 0 Å². The van der Waals surface area contributed by atoms with Crippen molar-refractivity contribution in [1.29, 1.82) is 0 Å². The van der Waals surface area contributed by atoms with Crippen LogP contribution in [0.5, 0.6) is 0 Å². The van der Waals surface area contributed by atoms with E-state index in [9.17, 15) is 0 Å². The molecule has 0 atom stereocenters. The van der Waals surface area contributed by atoms with E-state index in [1.165, 1.54) is 43.6 Å². The van der Waals surface area contributed by atoms with Crippen molar-refractivity contribution in [2.75, 3.05) is 9.80 Å². The van der Waals surface area contributed by atoms with Crippen LogP contribution >= 0.6 is 0 Å². The van der Waals surface area contributed by atoms with Crippen molar-refractivity contribution in [2.24, 2.45) is 0 Å². The molecule has 15 rings (SSSR count). The van der Waals surface area contributed by atoms with E-state index in [1.54, 1.807) is 0 Å². The second kappa shape index (κ2) is 15.6. The molecule has 4 aromatic heterocycles. The number of hydrogen-bond donors (Lipinski definition) is 0. The lowest BCUT2D eigenvalue weighted by Crippen LogP contribution is -2.10. The van der Waals surface area contributed by atoms with Crippen molar-refractivity contribution >= 4 is 143 Å². The van der Waals surface area contributed by atoms with Gasteiger partial charge in [0, 0.05) is 90.0 Å². The van der Waals surface area contributed by atoms with Crippen molar-refractivity contribution < 1.29 is 8.83 Å². The minimum absolute atomic E-state index is 0.841. The van der Waals surface area contributed by atoms with Gasteiger partial charge in [-0.3, -0.25) is 0 Å². The molecule has 0 spiro atoms. The zero-order chi connectivity index (χ0) is 47.6. The smallest absolute Gasteiger partial charge is 0.136 e. The third-order valence-electron chi connectivity index (χ3n) is 15.2. The SMILES string of the molecule is CCn1c2ccccc2c2c(N(c3ccccc3)c3ccc4cc5c(cc4c3)oc3ccc4oc6cc7cc(N(c8ccccc8)c8cccc9c8c8ccccc8n9CC)ccc7cc6c4c35)cccc21. The minimum atomic E-state index is 0.841. The molecule has 0 saturated heterocycles. The molecular formula is C66H46N4O2. The van der Waals surface area contributed by atoms with Gasteiger partial charge in [-0.1, -0.05) is 97.1 Å². The number of benzene rings is 11. The molecule has 15 aromatic rings. The summed E-state index contributed by atoms with van der Waals surface area (Å²) in [6.45, 7) is 6.23. The highest BCUT2D eigenvalue weighted by atomic mass is 16.3. The Balaban J connectivity index is 0.872. The average molecular weight is 927 g/mol. The summed E-state index contributed by atoms with van der Waals surface area (Å²) in [5, 5.41) is 13.8. The van der Waals surface area contributed by atoms with Crippen molar-refractivity contribution in [2.45, 2.75) is 26.9 Å². The zero-order valence-electron chi connectivity index (χ0n) is 39.8. The Morgan fingerprint density at radius 1 is 0.306 bits per heavy atom. The molecule has 0 N–H and O–H groups in total. The first-order valence-corrected chi connectivity index (χ1v) is 25.0. The van der Waals surface area contributed by atoms with E-state index in [2.05, 4.69) is 251 Å². The number of hydrogen-bond acceptors (Lipinski definition) is 4. The van der Waals surface area contributed by atoms with E-state index in [-0.39, 0.29) is 0 Å². The Kier molecular flexibility index (Phi) is 8.81. The summed E-state index contributed by atoms with van der Waals surface area (Å²) in [6, 6.07) is 79.1. The van der Waals surface area contributed by atoms with Crippen LogP contribution in [0.1, 0.15) is 13.8 Å². The van der Waals surface area contributed by atoms with E-state index in [0.29, 0.717) is 0 Å². The summed E-state index contributed by atoms with van der Waals surface area (Å²) in [4.78, 5) is 4.80. The maximum atomic E-state index is 6.79. The number of para-hydroxylation sites is 4. The number of anilines is 6. The molecule has 6 heteroatoms. The maximum Gasteiger partial charge on any atom is 0.136 e. The van der Waals surface area contributed by atoms with Gasteiger partial charge in [0.15, 0.2) is 0 Å². The van der Waals surface area contributed by atoms with E-state index in [0.717, 1.165) is 113 Å². The molecule has 72 heavy (non-hydrogen) atoms. The van der Waals surface area contributed by atoms with E-state index in [4.69, 9.17) is 8.83 Å². The molecule has 6 nitrogen and oxygen atoms in total. The Bertz CT molecular complexity index is 4370. The average Bonchev–Trinajstić information content (AvgIpc) is 4.17. The van der Waals surface area contributed by atoms with Crippen LogP contribution in [0.15, 0.2) is 227 Å². The Morgan fingerprint density at radius 2 is 0.722 bits per heavy atom.